The first-order valence-electron chi connectivity index (χ1n) is 25.2. The summed E-state index contributed by atoms with van der Waals surface area (Å²) in [4.78, 5) is 2.42. The highest BCUT2D eigenvalue weighted by Crippen LogP contribution is 2.55. The van der Waals surface area contributed by atoms with Gasteiger partial charge in [0.1, 0.15) is 16.9 Å². The number of ether oxygens (including phenoxy) is 1. The van der Waals surface area contributed by atoms with Crippen molar-refractivity contribution in [1.29, 1.82) is 0 Å². The summed E-state index contributed by atoms with van der Waals surface area (Å²) in [5, 5.41) is 2.28. The highest BCUT2D eigenvalue weighted by atomic mass is 16.5. The lowest BCUT2D eigenvalue weighted by Crippen LogP contribution is -2.18. The van der Waals surface area contributed by atoms with Crippen molar-refractivity contribution in [3.63, 3.8) is 0 Å². The number of rotatable bonds is 9. The van der Waals surface area contributed by atoms with Crippen molar-refractivity contribution >= 4 is 50.1 Å². The van der Waals surface area contributed by atoms with Gasteiger partial charge in [0.05, 0.1) is 6.61 Å². The quantitative estimate of drug-likeness (QED) is 0.135. The van der Waals surface area contributed by atoms with Crippen LogP contribution in [0.1, 0.15) is 82.2 Å². The zero-order valence-corrected chi connectivity index (χ0v) is 41.9. The van der Waals surface area contributed by atoms with Crippen molar-refractivity contribution in [1.82, 2.24) is 0 Å². The summed E-state index contributed by atoms with van der Waals surface area (Å²) in [5.41, 5.74) is 23.1. The van der Waals surface area contributed by atoms with Crippen LogP contribution in [0.2, 0.25) is 0 Å². The molecule has 0 saturated heterocycles. The molecule has 9 aromatic rings. The molecule has 0 unspecified atom stereocenters. The van der Waals surface area contributed by atoms with Gasteiger partial charge < -0.3 is 14.1 Å². The number of allylic oxidation sites excluding steroid dienone is 7. The van der Waals surface area contributed by atoms with Crippen molar-refractivity contribution < 1.29 is 9.15 Å². The predicted octanol–water partition coefficient (Wildman–Crippen LogP) is 19.0. The van der Waals surface area contributed by atoms with E-state index in [0.717, 1.165) is 70.6 Å². The van der Waals surface area contributed by atoms with Crippen molar-refractivity contribution in [3.8, 4) is 39.1 Å². The average Bonchev–Trinajstić information content (AvgIpc) is 4.15. The van der Waals surface area contributed by atoms with Crippen LogP contribution in [0.5, 0.6) is 5.75 Å². The summed E-state index contributed by atoms with van der Waals surface area (Å²) in [6.07, 6.45) is 11.4. The Balaban J connectivity index is 0.000000860. The Hall–Kier alpha value is -7.88. The lowest BCUT2D eigenvalue weighted by Gasteiger charge is -2.28. The summed E-state index contributed by atoms with van der Waals surface area (Å²) in [7, 11) is 0. The Bertz CT molecular complexity index is 3580. The highest BCUT2D eigenvalue weighted by molar-refractivity contribution is 6.06. The van der Waals surface area contributed by atoms with E-state index in [-0.39, 0.29) is 10.8 Å². The number of furan rings is 1. The molecule has 3 aliphatic rings. The van der Waals surface area contributed by atoms with Gasteiger partial charge in [-0.15, -0.1) is 0 Å². The van der Waals surface area contributed by atoms with Gasteiger partial charge in [0.25, 0.3) is 0 Å². The molecule has 3 nitrogen and oxygen atoms in total. The lowest BCUT2D eigenvalue weighted by molar-refractivity contribution is 0.358. The van der Waals surface area contributed by atoms with Gasteiger partial charge in [0.2, 0.25) is 0 Å². The maximum absolute atomic E-state index is 6.26. The largest absolute Gasteiger partial charge is 0.492 e. The van der Waals surface area contributed by atoms with Crippen LogP contribution in [0, 0.1) is 0 Å². The maximum Gasteiger partial charge on any atom is 0.135 e. The second-order valence-electron chi connectivity index (χ2n) is 20.4. The van der Waals surface area contributed by atoms with Crippen molar-refractivity contribution in [2.24, 2.45) is 0 Å². The normalized spacial score (nSPS) is 15.7. The van der Waals surface area contributed by atoms with Crippen LogP contribution in [0.4, 0.5) is 17.1 Å². The standard InChI is InChI=1S/C62H51NO2.C6H10/c1-39-49-17-12-18-52(53-19-11-15-43-33-34-64-60(43)53)59(49)62(4,5)55(39)36-45-38-61(2,3)56-37-48(30-31-50(45)56)63(46-26-21-41(22-27-46)40-13-7-6-8-14-40)47-28-23-42(24-29-47)44-25-32-58-54(35-44)51-16-9-10-20-57(51)65-58;1-3-5-6-4-2/h6-32,35-37H,33-34,38H2,1-5H3;3,5-6H,1,4H2,2H3/b45-36+;6-5-. The fourth-order valence-electron chi connectivity index (χ4n) is 11.5. The Morgan fingerprint density at radius 2 is 1.23 bits per heavy atom. The summed E-state index contributed by atoms with van der Waals surface area (Å²) >= 11 is 0. The minimum atomic E-state index is -0.190. The number of nitrogens with zero attached hydrogens (tertiary/aromatic N) is 1. The molecule has 0 radical (unpaired) electrons. The van der Waals surface area contributed by atoms with E-state index in [1.54, 1.807) is 6.08 Å². The van der Waals surface area contributed by atoms with E-state index in [0.29, 0.717) is 0 Å². The van der Waals surface area contributed by atoms with Crippen LogP contribution in [-0.2, 0) is 17.3 Å². The van der Waals surface area contributed by atoms with Crippen molar-refractivity contribution in [3.05, 3.63) is 240 Å². The summed E-state index contributed by atoms with van der Waals surface area (Å²) in [6, 6.07) is 64.1. The summed E-state index contributed by atoms with van der Waals surface area (Å²) < 4.78 is 12.4. The Morgan fingerprint density at radius 3 is 1.96 bits per heavy atom. The third kappa shape index (κ3) is 8.24. The molecule has 71 heavy (non-hydrogen) atoms. The molecule has 2 heterocycles. The van der Waals surface area contributed by atoms with Gasteiger partial charge in [-0.3, -0.25) is 0 Å². The molecule has 0 amide bonds. The van der Waals surface area contributed by atoms with Crippen molar-refractivity contribution in [2.45, 2.75) is 71.6 Å². The monoisotopic (exact) mass is 923 g/mol. The molecule has 0 atom stereocenters. The summed E-state index contributed by atoms with van der Waals surface area (Å²) in [5.74, 6) is 1.06. The van der Waals surface area contributed by atoms with E-state index >= 15 is 0 Å². The lowest BCUT2D eigenvalue weighted by atomic mass is 9.76. The van der Waals surface area contributed by atoms with Crippen LogP contribution < -0.4 is 9.64 Å². The number of para-hydroxylation sites is 2. The minimum Gasteiger partial charge on any atom is -0.492 e. The van der Waals surface area contributed by atoms with Crippen LogP contribution in [0.3, 0.4) is 0 Å². The third-order valence-electron chi connectivity index (χ3n) is 15.0. The molecule has 0 bridgehead atoms. The zero-order chi connectivity index (χ0) is 48.9. The third-order valence-corrected chi connectivity index (χ3v) is 15.0. The van der Waals surface area contributed by atoms with E-state index in [9.17, 15) is 0 Å². The molecule has 1 aromatic heterocycles. The second kappa shape index (κ2) is 18.5. The Labute approximate surface area is 419 Å². The smallest absolute Gasteiger partial charge is 0.135 e. The number of benzene rings is 8. The van der Waals surface area contributed by atoms with E-state index in [1.807, 2.05) is 18.2 Å². The fourth-order valence-corrected chi connectivity index (χ4v) is 11.5. The van der Waals surface area contributed by atoms with Crippen LogP contribution >= 0.6 is 0 Å². The van der Waals surface area contributed by atoms with Gasteiger partial charge in [-0.2, -0.15) is 0 Å². The average molecular weight is 924 g/mol. The van der Waals surface area contributed by atoms with E-state index in [4.69, 9.17) is 9.15 Å². The molecule has 0 fully saturated rings. The molecule has 12 rings (SSSR count). The number of hydrogen-bond donors (Lipinski definition) is 0. The SMILES string of the molecule is C=C/C=C\CC.CC1=C(/C=C2\CC(C)(C)c3cc(N(c4ccc(-c5ccccc5)cc4)c4ccc(-c5ccc6oc7ccccc7c6c5)cc4)ccc32)C(C)(C)c2c1cccc2-c1cccc2c1OCC2. The first-order chi connectivity index (χ1) is 34.5. The number of hydrogen-bond acceptors (Lipinski definition) is 3. The van der Waals surface area contributed by atoms with Gasteiger partial charge in [0, 0.05) is 45.2 Å². The first kappa shape index (κ1) is 45.6. The number of fused-ring (bicyclic) bond motifs is 6. The first-order valence-corrected chi connectivity index (χ1v) is 25.2. The molecule has 0 N–H and O–H groups in total. The molecule has 350 valence electrons. The minimum absolute atomic E-state index is 0.0586. The van der Waals surface area contributed by atoms with Gasteiger partial charge in [-0.25, -0.2) is 0 Å². The van der Waals surface area contributed by atoms with E-state index < -0.39 is 0 Å². The maximum atomic E-state index is 6.26. The molecule has 0 spiro atoms. The number of anilines is 3. The molecular weight excluding hydrogens is 863 g/mol. The predicted molar refractivity (Wildman–Crippen MR) is 301 cm³/mol. The molecule has 2 aliphatic carbocycles. The molecule has 0 saturated carbocycles. The van der Waals surface area contributed by atoms with Crippen molar-refractivity contribution in [2.75, 3.05) is 11.5 Å². The second-order valence-corrected chi connectivity index (χ2v) is 20.4. The Kier molecular flexibility index (Phi) is 11.8. The Morgan fingerprint density at radius 1 is 0.592 bits per heavy atom. The molecular formula is C68H61NO2. The van der Waals surface area contributed by atoms with Gasteiger partial charge in [-0.05, 0) is 152 Å². The molecule has 1 aliphatic heterocycles. The highest BCUT2D eigenvalue weighted by Gasteiger charge is 2.40. The summed E-state index contributed by atoms with van der Waals surface area (Å²) in [6.45, 7) is 18.3. The van der Waals surface area contributed by atoms with Crippen LogP contribution in [0.25, 0.3) is 66.5 Å². The fraction of sp³-hybridized carbons (Fsp3) is 0.176. The van der Waals surface area contributed by atoms with Crippen LogP contribution in [-0.4, -0.2) is 6.61 Å². The topological polar surface area (TPSA) is 25.6 Å². The zero-order valence-electron chi connectivity index (χ0n) is 41.9. The molecule has 3 heteroatoms. The van der Waals surface area contributed by atoms with Gasteiger partial charge >= 0.3 is 0 Å². The van der Waals surface area contributed by atoms with Crippen LogP contribution in [0.15, 0.2) is 217 Å². The molecule has 8 aromatic carbocycles. The van der Waals surface area contributed by atoms with Gasteiger partial charge in [0.15, 0.2) is 0 Å². The van der Waals surface area contributed by atoms with E-state index in [1.165, 1.54) is 77.9 Å². The van der Waals surface area contributed by atoms with Gasteiger partial charge in [-0.1, -0.05) is 187 Å². The van der Waals surface area contributed by atoms with E-state index in [2.05, 4.69) is 229 Å².